The molecule has 4 aliphatic heterocycles. The molecule has 0 radical (unpaired) electrons. The van der Waals surface area contributed by atoms with Crippen LogP contribution in [0.1, 0.15) is 43.4 Å². The molecule has 234 valence electrons. The van der Waals surface area contributed by atoms with Gasteiger partial charge >= 0.3 is 6.01 Å². The van der Waals surface area contributed by atoms with Crippen molar-refractivity contribution in [1.82, 2.24) is 25.2 Å². The summed E-state index contributed by atoms with van der Waals surface area (Å²) in [6, 6.07) is 11.0. The second kappa shape index (κ2) is 11.0. The number of aromatic hydroxyl groups is 1. The maximum Gasteiger partial charge on any atom is 0.319 e. The Hall–Kier alpha value is -4.58. The molecule has 4 aromatic rings. The third kappa shape index (κ3) is 4.69. The van der Waals surface area contributed by atoms with E-state index in [-0.39, 0.29) is 48.1 Å². The zero-order valence-electron chi connectivity index (χ0n) is 25.3. The molecule has 2 aromatic heterocycles. The Bertz CT molecular complexity index is 1960. The van der Waals surface area contributed by atoms with Crippen LogP contribution in [0.4, 0.5) is 14.6 Å². The molecular weight excluding hydrogens is 588 g/mol. The predicted molar refractivity (Wildman–Crippen MR) is 170 cm³/mol. The van der Waals surface area contributed by atoms with E-state index in [2.05, 4.69) is 32.1 Å². The molecular formula is C35H33F2N7O2. The number of nitrogens with zero attached hydrogens (tertiary/aromatic N) is 6. The average Bonchev–Trinajstić information content (AvgIpc) is 3.70. The molecule has 2 aromatic carbocycles. The van der Waals surface area contributed by atoms with Crippen molar-refractivity contribution in [3.8, 4) is 41.4 Å². The highest BCUT2D eigenvalue weighted by atomic mass is 19.1. The predicted octanol–water partition coefficient (Wildman–Crippen LogP) is 4.63. The number of piperazine rings is 1. The number of pyridine rings is 1. The number of phenolic OH excluding ortho intramolecular Hbond substituents is 1. The number of nitrogens with one attached hydrogen (secondary N) is 1. The summed E-state index contributed by atoms with van der Waals surface area (Å²) in [5, 5.41) is 25.7. The van der Waals surface area contributed by atoms with Crippen LogP contribution in [0, 0.1) is 29.5 Å². The number of hydrogen-bond acceptors (Lipinski definition) is 9. The minimum Gasteiger partial charge on any atom is -0.508 e. The first-order chi connectivity index (χ1) is 22.4. The maximum absolute atomic E-state index is 17.1. The van der Waals surface area contributed by atoms with Crippen LogP contribution in [-0.2, 0) is 6.42 Å². The number of alkyl halides is 1. The molecule has 0 amide bonds. The van der Waals surface area contributed by atoms with Crippen molar-refractivity contribution in [1.29, 1.82) is 5.26 Å². The fourth-order valence-corrected chi connectivity index (χ4v) is 8.22. The minimum atomic E-state index is -0.919. The van der Waals surface area contributed by atoms with Gasteiger partial charge in [0.05, 0.1) is 29.1 Å². The van der Waals surface area contributed by atoms with Gasteiger partial charge in [-0.1, -0.05) is 18.1 Å². The Morgan fingerprint density at radius 2 is 1.96 bits per heavy atom. The van der Waals surface area contributed by atoms with Gasteiger partial charge < -0.3 is 20.1 Å². The van der Waals surface area contributed by atoms with Crippen LogP contribution >= 0.6 is 0 Å². The molecule has 4 fully saturated rings. The lowest BCUT2D eigenvalue weighted by Crippen LogP contribution is -2.51. The molecule has 0 saturated carbocycles. The highest BCUT2D eigenvalue weighted by Crippen LogP contribution is 2.42. The van der Waals surface area contributed by atoms with E-state index in [1.165, 1.54) is 6.07 Å². The van der Waals surface area contributed by atoms with Crippen molar-refractivity contribution in [2.24, 2.45) is 0 Å². The number of phenols is 1. The summed E-state index contributed by atoms with van der Waals surface area (Å²) >= 11 is 0. The number of ether oxygens (including phenoxy) is 1. The minimum absolute atomic E-state index is 0.000881. The molecule has 4 atom stereocenters. The molecule has 4 saturated heterocycles. The van der Waals surface area contributed by atoms with Crippen LogP contribution in [0.5, 0.6) is 11.8 Å². The highest BCUT2D eigenvalue weighted by Gasteiger charge is 2.49. The van der Waals surface area contributed by atoms with Crippen LogP contribution in [0.25, 0.3) is 32.9 Å². The van der Waals surface area contributed by atoms with Crippen molar-refractivity contribution >= 4 is 27.5 Å². The van der Waals surface area contributed by atoms with Crippen LogP contribution in [0.2, 0.25) is 0 Å². The van der Waals surface area contributed by atoms with Crippen LogP contribution in [0.15, 0.2) is 30.3 Å². The van der Waals surface area contributed by atoms with Crippen molar-refractivity contribution in [3.05, 3.63) is 47.4 Å². The Labute approximate surface area is 265 Å². The number of benzene rings is 2. The van der Waals surface area contributed by atoms with E-state index < -0.39 is 17.5 Å². The highest BCUT2D eigenvalue weighted by molar-refractivity contribution is 6.03. The third-order valence-corrected chi connectivity index (χ3v) is 10.2. The summed E-state index contributed by atoms with van der Waals surface area (Å²) in [6.07, 6.45) is 9.01. The van der Waals surface area contributed by atoms with Gasteiger partial charge in [0, 0.05) is 54.7 Å². The largest absolute Gasteiger partial charge is 0.508 e. The lowest BCUT2D eigenvalue weighted by Gasteiger charge is -2.35. The van der Waals surface area contributed by atoms with Crippen molar-refractivity contribution < 1.29 is 18.6 Å². The Balaban J connectivity index is 1.33. The number of rotatable bonds is 6. The van der Waals surface area contributed by atoms with Gasteiger partial charge in [-0.2, -0.15) is 15.2 Å². The van der Waals surface area contributed by atoms with E-state index in [1.807, 2.05) is 0 Å². The van der Waals surface area contributed by atoms with E-state index >= 15 is 4.39 Å². The number of halogens is 2. The van der Waals surface area contributed by atoms with Crippen molar-refractivity contribution in [2.45, 2.75) is 62.3 Å². The fourth-order valence-electron chi connectivity index (χ4n) is 8.22. The Morgan fingerprint density at radius 3 is 2.74 bits per heavy atom. The first-order valence-electron chi connectivity index (χ1n) is 15.9. The van der Waals surface area contributed by atoms with E-state index in [9.17, 15) is 14.8 Å². The van der Waals surface area contributed by atoms with E-state index in [1.54, 1.807) is 24.3 Å². The quantitative estimate of drug-likeness (QED) is 0.298. The van der Waals surface area contributed by atoms with Gasteiger partial charge in [-0.05, 0) is 55.8 Å². The zero-order valence-corrected chi connectivity index (χ0v) is 25.3. The average molecular weight is 622 g/mol. The van der Waals surface area contributed by atoms with Gasteiger partial charge in [-0.3, -0.25) is 4.90 Å². The SMILES string of the molecule is C#Cc1cccc2cc(O)cc(-c3nc(CC#N)c4c(N5CC6CCC(C5)N6)nc(OC[C@@]56CCCN5C[C@H](F)C6)nc4c3F)c12. The number of terminal acetylenes is 1. The van der Waals surface area contributed by atoms with Gasteiger partial charge in [-0.25, -0.2) is 13.8 Å². The third-order valence-electron chi connectivity index (χ3n) is 10.2. The molecule has 0 aliphatic carbocycles. The summed E-state index contributed by atoms with van der Waals surface area (Å²) in [5.41, 5.74) is 0.604. The Kier molecular flexibility index (Phi) is 6.93. The van der Waals surface area contributed by atoms with E-state index in [0.29, 0.717) is 64.9 Å². The van der Waals surface area contributed by atoms with E-state index in [4.69, 9.17) is 21.1 Å². The van der Waals surface area contributed by atoms with Crippen molar-refractivity contribution in [3.63, 3.8) is 0 Å². The molecule has 2 bridgehead atoms. The van der Waals surface area contributed by atoms with Gasteiger partial charge in [-0.15, -0.1) is 6.42 Å². The number of fused-ring (bicyclic) bond motifs is 5. The van der Waals surface area contributed by atoms with Crippen LogP contribution in [-0.4, -0.2) is 81.5 Å². The summed E-state index contributed by atoms with van der Waals surface area (Å²) in [5.74, 6) is 2.33. The zero-order chi connectivity index (χ0) is 31.6. The molecule has 2 unspecified atom stereocenters. The lowest BCUT2D eigenvalue weighted by atomic mass is 9.95. The molecule has 8 rings (SSSR count). The molecule has 2 N–H and O–H groups in total. The van der Waals surface area contributed by atoms with Gasteiger partial charge in [0.1, 0.15) is 35.6 Å². The maximum atomic E-state index is 17.1. The summed E-state index contributed by atoms with van der Waals surface area (Å²) < 4.78 is 37.9. The summed E-state index contributed by atoms with van der Waals surface area (Å²) in [4.78, 5) is 18.5. The standard InChI is InChI=1S/C35H33F2N7O2/c1-2-20-5-3-6-21-13-25(45)14-26(28(20)21)31-30(37)32-29(27(40-31)9-11-38)33(43-17-23-7-8-24(18-43)39-23)42-34(41-32)46-19-35-10-4-12-44(35)16-22(36)15-35/h1,3,5-6,13-14,22-24,39,45H,4,7-10,12,15-19H2/t22-,23?,24?,35+/m1/s1. The summed E-state index contributed by atoms with van der Waals surface area (Å²) in [6.45, 7) is 2.70. The van der Waals surface area contributed by atoms with Gasteiger partial charge in [0.25, 0.3) is 0 Å². The van der Waals surface area contributed by atoms with Crippen LogP contribution < -0.4 is 15.0 Å². The van der Waals surface area contributed by atoms with E-state index in [0.717, 1.165) is 32.2 Å². The van der Waals surface area contributed by atoms with Crippen LogP contribution in [0.3, 0.4) is 0 Å². The topological polar surface area (TPSA) is 110 Å². The molecule has 4 aliphatic rings. The van der Waals surface area contributed by atoms with Crippen molar-refractivity contribution in [2.75, 3.05) is 37.7 Å². The second-order valence-electron chi connectivity index (χ2n) is 13.1. The number of anilines is 1. The number of hydrogen-bond donors (Lipinski definition) is 2. The molecule has 6 heterocycles. The fraction of sp³-hybridized carbons (Fsp3) is 0.429. The molecule has 11 heteroatoms. The first kappa shape index (κ1) is 28.9. The Morgan fingerprint density at radius 1 is 1.13 bits per heavy atom. The molecule has 46 heavy (non-hydrogen) atoms. The molecule has 0 spiro atoms. The second-order valence-corrected chi connectivity index (χ2v) is 13.1. The monoisotopic (exact) mass is 621 g/mol. The smallest absolute Gasteiger partial charge is 0.319 e. The first-order valence-corrected chi connectivity index (χ1v) is 15.9. The number of nitriles is 1. The lowest BCUT2D eigenvalue weighted by molar-refractivity contribution is 0.107. The summed E-state index contributed by atoms with van der Waals surface area (Å²) in [7, 11) is 0. The normalized spacial score (nSPS) is 25.6. The number of aromatic nitrogens is 3. The van der Waals surface area contributed by atoms with Gasteiger partial charge in [0.15, 0.2) is 5.82 Å². The molecule has 9 nitrogen and oxygen atoms in total. The van der Waals surface area contributed by atoms with Gasteiger partial charge in [0.2, 0.25) is 0 Å².